The highest BCUT2D eigenvalue weighted by Gasteiger charge is 2.28. The molecule has 2 rings (SSSR count). The topological polar surface area (TPSA) is 38.5 Å². The highest BCUT2D eigenvalue weighted by molar-refractivity contribution is 9.10. The molecule has 0 radical (unpaired) electrons. The summed E-state index contributed by atoms with van der Waals surface area (Å²) in [6.45, 7) is 3.56. The molecular weight excluding hydrogens is 328 g/mol. The Bertz CT molecular complexity index is 430. The van der Waals surface area contributed by atoms with Gasteiger partial charge in [0.15, 0.2) is 0 Å². The summed E-state index contributed by atoms with van der Waals surface area (Å²) in [6.07, 6.45) is 1.18. The normalized spacial score (nSPS) is 21.8. The third-order valence-electron chi connectivity index (χ3n) is 3.71. The van der Waals surface area contributed by atoms with E-state index >= 15 is 0 Å². The first-order valence-electron chi connectivity index (χ1n) is 6.53. The average molecular weight is 348 g/mol. The lowest BCUT2D eigenvalue weighted by Gasteiger charge is -2.27. The molecule has 2 N–H and O–H groups in total. The van der Waals surface area contributed by atoms with Crippen LogP contribution in [0, 0.1) is 5.92 Å². The van der Waals surface area contributed by atoms with Gasteiger partial charge in [0.2, 0.25) is 0 Å². The molecule has 19 heavy (non-hydrogen) atoms. The number of hydrogen-bond donors (Lipinski definition) is 1. The maximum absolute atomic E-state index is 6.17. The Morgan fingerprint density at radius 2 is 2.37 bits per heavy atom. The van der Waals surface area contributed by atoms with Crippen LogP contribution in [0.3, 0.4) is 0 Å². The van der Waals surface area contributed by atoms with E-state index in [0.717, 1.165) is 29.2 Å². The number of nitrogens with zero attached hydrogens (tertiary/aromatic N) is 1. The lowest BCUT2D eigenvalue weighted by molar-refractivity contribution is 0.147. The highest BCUT2D eigenvalue weighted by atomic mass is 79.9. The van der Waals surface area contributed by atoms with Gasteiger partial charge in [-0.05, 0) is 52.5 Å². The molecule has 3 nitrogen and oxygen atoms in total. The molecule has 1 fully saturated rings. The van der Waals surface area contributed by atoms with Gasteiger partial charge in [0.1, 0.15) is 0 Å². The lowest BCUT2D eigenvalue weighted by atomic mass is 10.1. The summed E-state index contributed by atoms with van der Waals surface area (Å²) in [6, 6.07) is 6.33. The Balaban J connectivity index is 2.09. The van der Waals surface area contributed by atoms with Gasteiger partial charge in [-0.25, -0.2) is 0 Å². The maximum atomic E-state index is 6.17. The number of hydrogen-bond acceptors (Lipinski definition) is 3. The zero-order valence-corrected chi connectivity index (χ0v) is 13.5. The Labute approximate surface area is 128 Å². The van der Waals surface area contributed by atoms with Crippen LogP contribution < -0.4 is 5.73 Å². The van der Waals surface area contributed by atoms with E-state index in [0.29, 0.717) is 12.5 Å². The van der Waals surface area contributed by atoms with Crippen LogP contribution in [0.4, 0.5) is 0 Å². The first kappa shape index (κ1) is 15.3. The molecule has 0 amide bonds. The first-order valence-corrected chi connectivity index (χ1v) is 7.70. The number of benzene rings is 1. The van der Waals surface area contributed by atoms with E-state index in [2.05, 4.69) is 26.9 Å². The number of likely N-dealkylation sites (tertiary alicyclic amines) is 1. The molecule has 2 atom stereocenters. The standard InChI is InChI=1S/C14H20BrClN2O/c1-19-9-10-4-5-18(8-10)14(7-17)11-2-3-12(15)13(16)6-11/h2-3,6,10,14H,4-5,7-9,17H2,1H3. The molecule has 0 aromatic heterocycles. The highest BCUT2D eigenvalue weighted by Crippen LogP contribution is 2.31. The SMILES string of the molecule is COCC1CCN(C(CN)c2ccc(Br)c(Cl)c2)C1. The van der Waals surface area contributed by atoms with Crippen molar-refractivity contribution >= 4 is 27.5 Å². The van der Waals surface area contributed by atoms with Crippen molar-refractivity contribution in [1.82, 2.24) is 4.90 Å². The average Bonchev–Trinajstić information content (AvgIpc) is 2.83. The Kier molecular flexibility index (Phi) is 5.66. The zero-order chi connectivity index (χ0) is 13.8. The van der Waals surface area contributed by atoms with Gasteiger partial charge in [-0.1, -0.05) is 17.7 Å². The van der Waals surface area contributed by atoms with Crippen molar-refractivity contribution < 1.29 is 4.74 Å². The molecular formula is C14H20BrClN2O. The summed E-state index contributed by atoms with van der Waals surface area (Å²) < 4.78 is 6.17. The molecule has 1 aliphatic heterocycles. The van der Waals surface area contributed by atoms with E-state index in [1.807, 2.05) is 12.1 Å². The van der Waals surface area contributed by atoms with E-state index in [4.69, 9.17) is 22.1 Å². The van der Waals surface area contributed by atoms with Crippen molar-refractivity contribution in [1.29, 1.82) is 0 Å². The van der Waals surface area contributed by atoms with E-state index in [1.165, 1.54) is 12.0 Å². The van der Waals surface area contributed by atoms with Crippen LogP contribution in [0.5, 0.6) is 0 Å². The minimum absolute atomic E-state index is 0.243. The molecule has 1 saturated heterocycles. The second-order valence-corrected chi connectivity index (χ2v) is 6.29. The summed E-state index contributed by atoms with van der Waals surface area (Å²) in [5.41, 5.74) is 7.15. The quantitative estimate of drug-likeness (QED) is 0.889. The summed E-state index contributed by atoms with van der Waals surface area (Å²) in [5.74, 6) is 0.616. The molecule has 0 bridgehead atoms. The predicted molar refractivity (Wildman–Crippen MR) is 82.5 cm³/mol. The van der Waals surface area contributed by atoms with Gasteiger partial charge in [-0.2, -0.15) is 0 Å². The molecule has 2 unspecified atom stereocenters. The molecule has 1 heterocycles. The Morgan fingerprint density at radius 1 is 1.58 bits per heavy atom. The monoisotopic (exact) mass is 346 g/mol. The molecule has 0 saturated carbocycles. The Morgan fingerprint density at radius 3 is 3.00 bits per heavy atom. The van der Waals surface area contributed by atoms with E-state index in [-0.39, 0.29) is 6.04 Å². The van der Waals surface area contributed by atoms with Crippen molar-refractivity contribution in [2.45, 2.75) is 12.5 Å². The number of rotatable bonds is 5. The maximum Gasteiger partial charge on any atom is 0.0551 e. The largest absolute Gasteiger partial charge is 0.384 e. The first-order chi connectivity index (χ1) is 9.15. The fourth-order valence-electron chi connectivity index (χ4n) is 2.73. The number of methoxy groups -OCH3 is 1. The molecule has 106 valence electrons. The van der Waals surface area contributed by atoms with Gasteiger partial charge in [-0.15, -0.1) is 0 Å². The summed E-state index contributed by atoms with van der Waals surface area (Å²) in [4.78, 5) is 2.43. The van der Waals surface area contributed by atoms with Crippen LogP contribution >= 0.6 is 27.5 Å². The van der Waals surface area contributed by atoms with Gasteiger partial charge in [-0.3, -0.25) is 4.90 Å². The molecule has 1 aromatic carbocycles. The fraction of sp³-hybridized carbons (Fsp3) is 0.571. The van der Waals surface area contributed by atoms with Gasteiger partial charge < -0.3 is 10.5 Å². The predicted octanol–water partition coefficient (Wildman–Crippen LogP) is 3.07. The van der Waals surface area contributed by atoms with E-state index < -0.39 is 0 Å². The van der Waals surface area contributed by atoms with Crippen LogP contribution in [0.25, 0.3) is 0 Å². The molecule has 1 aliphatic rings. The molecule has 5 heteroatoms. The summed E-state index contributed by atoms with van der Waals surface area (Å²) >= 11 is 9.59. The molecule has 1 aromatic rings. The van der Waals surface area contributed by atoms with Gasteiger partial charge >= 0.3 is 0 Å². The van der Waals surface area contributed by atoms with Crippen molar-refractivity contribution in [2.75, 3.05) is 33.4 Å². The van der Waals surface area contributed by atoms with Gasteiger partial charge in [0, 0.05) is 30.7 Å². The van der Waals surface area contributed by atoms with Crippen molar-refractivity contribution in [3.63, 3.8) is 0 Å². The van der Waals surface area contributed by atoms with Crippen LogP contribution in [-0.4, -0.2) is 38.3 Å². The number of ether oxygens (including phenoxy) is 1. The minimum Gasteiger partial charge on any atom is -0.384 e. The third-order valence-corrected chi connectivity index (χ3v) is 4.94. The zero-order valence-electron chi connectivity index (χ0n) is 11.1. The second kappa shape index (κ2) is 7.04. The lowest BCUT2D eigenvalue weighted by Crippen LogP contribution is -2.32. The third kappa shape index (κ3) is 3.70. The smallest absolute Gasteiger partial charge is 0.0551 e. The molecule has 0 spiro atoms. The minimum atomic E-state index is 0.243. The molecule has 0 aliphatic carbocycles. The number of nitrogens with two attached hydrogens (primary N) is 1. The van der Waals surface area contributed by atoms with Crippen LogP contribution in [-0.2, 0) is 4.74 Å². The fourth-order valence-corrected chi connectivity index (χ4v) is 3.17. The summed E-state index contributed by atoms with van der Waals surface area (Å²) in [5, 5.41) is 0.739. The van der Waals surface area contributed by atoms with Gasteiger partial charge in [0.05, 0.1) is 11.6 Å². The Hall–Kier alpha value is -0.130. The van der Waals surface area contributed by atoms with Crippen LogP contribution in [0.15, 0.2) is 22.7 Å². The van der Waals surface area contributed by atoms with E-state index in [1.54, 1.807) is 7.11 Å². The van der Waals surface area contributed by atoms with Crippen molar-refractivity contribution in [2.24, 2.45) is 11.7 Å². The number of halogens is 2. The second-order valence-electron chi connectivity index (χ2n) is 5.03. The summed E-state index contributed by atoms with van der Waals surface area (Å²) in [7, 11) is 1.76. The van der Waals surface area contributed by atoms with Crippen molar-refractivity contribution in [3.8, 4) is 0 Å². The van der Waals surface area contributed by atoms with Gasteiger partial charge in [0.25, 0.3) is 0 Å². The van der Waals surface area contributed by atoms with Crippen LogP contribution in [0.1, 0.15) is 18.0 Å². The van der Waals surface area contributed by atoms with Crippen LogP contribution in [0.2, 0.25) is 5.02 Å². The van der Waals surface area contributed by atoms with Crippen molar-refractivity contribution in [3.05, 3.63) is 33.3 Å². The van der Waals surface area contributed by atoms with E-state index in [9.17, 15) is 0 Å².